The summed E-state index contributed by atoms with van der Waals surface area (Å²) in [5.41, 5.74) is 4.67. The number of halogens is 1. The number of carbonyl (C=O) groups is 3. The fourth-order valence-electron chi connectivity index (χ4n) is 5.90. The monoisotopic (exact) mass is 558 g/mol. The average molecular weight is 559 g/mol. The van der Waals surface area contributed by atoms with Gasteiger partial charge < -0.3 is 41.0 Å². The molecule has 1 aliphatic heterocycles. The van der Waals surface area contributed by atoms with E-state index in [-0.39, 0.29) is 52.6 Å². The van der Waals surface area contributed by atoms with Crippen molar-refractivity contribution in [3.8, 4) is 11.5 Å². The van der Waals surface area contributed by atoms with Gasteiger partial charge in [0.25, 0.3) is 5.91 Å². The number of ketones is 2. The van der Waals surface area contributed by atoms with Crippen molar-refractivity contribution < 1.29 is 48.7 Å². The van der Waals surface area contributed by atoms with Gasteiger partial charge in [0.15, 0.2) is 24.5 Å². The number of nitrogens with one attached hydrogen (secondary N) is 1. The third-order valence-corrected chi connectivity index (χ3v) is 8.18. The van der Waals surface area contributed by atoms with E-state index in [1.165, 1.54) is 26.0 Å². The summed E-state index contributed by atoms with van der Waals surface area (Å²) in [6.07, 6.45) is -5.70. The van der Waals surface area contributed by atoms with Gasteiger partial charge in [-0.25, -0.2) is 4.39 Å². The quantitative estimate of drug-likeness (QED) is 0.246. The van der Waals surface area contributed by atoms with E-state index in [1.54, 1.807) is 12.1 Å². The smallest absolute Gasteiger partial charge is 0.251 e. The molecule has 1 saturated heterocycles. The summed E-state index contributed by atoms with van der Waals surface area (Å²) in [6.45, 7) is 1.71. The standard InChI is InChI=1S/C28H31FN2O9/c1-11-23(34)16(31-18(33)10-29)7-19(39-11)40-17-9-28(30,12(2)32)8-15-20(17)27(38)22-21(26(15)37)24(35)13-5-3-4-6-14(13)25(22)36/h3-6,11-12,16-17,19,23,32,34,37-38H,7-10,30H2,1-2H3,(H,31,33)/t11-,12?,16-,17-,19-,23+,28-/m0/s1. The fourth-order valence-corrected chi connectivity index (χ4v) is 5.90. The van der Waals surface area contributed by atoms with Crippen molar-refractivity contribution in [2.45, 2.75) is 75.4 Å². The zero-order chi connectivity index (χ0) is 29.1. The van der Waals surface area contributed by atoms with Crippen molar-refractivity contribution in [2.75, 3.05) is 6.67 Å². The van der Waals surface area contributed by atoms with Gasteiger partial charge in [0.05, 0.1) is 35.5 Å². The minimum atomic E-state index is -1.38. The molecule has 5 rings (SSSR count). The number of benzene rings is 2. The van der Waals surface area contributed by atoms with E-state index in [9.17, 15) is 39.2 Å². The molecule has 1 unspecified atom stereocenters. The Kier molecular flexibility index (Phi) is 7.17. The minimum Gasteiger partial charge on any atom is -0.507 e. The molecule has 0 spiro atoms. The average Bonchev–Trinajstić information content (AvgIpc) is 2.91. The molecule has 7 atom stereocenters. The Morgan fingerprint density at radius 3 is 2.38 bits per heavy atom. The van der Waals surface area contributed by atoms with E-state index in [2.05, 4.69) is 5.32 Å². The van der Waals surface area contributed by atoms with Crippen molar-refractivity contribution >= 4 is 17.5 Å². The van der Waals surface area contributed by atoms with Gasteiger partial charge in [-0.05, 0) is 26.7 Å². The SMILES string of the molecule is CC(O)[C@]1(N)Cc2c(O)c3c(c(O)c2[C@@H](O[C@H]2C[C@H](NC(=O)CF)[C@H](O)[C@H](C)O2)C1)C(=O)c1ccccc1C3=O. The Labute approximate surface area is 228 Å². The van der Waals surface area contributed by atoms with E-state index >= 15 is 0 Å². The molecule has 2 aromatic rings. The molecule has 0 bridgehead atoms. The Balaban J connectivity index is 1.60. The molecule has 1 fully saturated rings. The van der Waals surface area contributed by atoms with E-state index in [1.807, 2.05) is 0 Å². The second-order valence-corrected chi connectivity index (χ2v) is 10.8. The minimum absolute atomic E-state index is 0.0187. The van der Waals surface area contributed by atoms with Crippen molar-refractivity contribution in [1.29, 1.82) is 0 Å². The molecule has 40 heavy (non-hydrogen) atoms. The van der Waals surface area contributed by atoms with Crippen LogP contribution in [0.15, 0.2) is 24.3 Å². The molecule has 3 aliphatic rings. The number of carbonyl (C=O) groups excluding carboxylic acids is 3. The number of hydrogen-bond acceptors (Lipinski definition) is 10. The fraction of sp³-hybridized carbons (Fsp3) is 0.464. The topological polar surface area (TPSA) is 189 Å². The molecule has 0 radical (unpaired) electrons. The van der Waals surface area contributed by atoms with Crippen molar-refractivity contribution in [2.24, 2.45) is 5.73 Å². The second-order valence-electron chi connectivity index (χ2n) is 10.8. The van der Waals surface area contributed by atoms with Crippen LogP contribution in [0.25, 0.3) is 0 Å². The highest BCUT2D eigenvalue weighted by molar-refractivity contribution is 6.30. The zero-order valence-electron chi connectivity index (χ0n) is 21.9. The predicted octanol–water partition coefficient (Wildman–Crippen LogP) is 0.905. The molecule has 7 N–H and O–H groups in total. The predicted molar refractivity (Wildman–Crippen MR) is 137 cm³/mol. The van der Waals surface area contributed by atoms with Crippen LogP contribution in [0.5, 0.6) is 11.5 Å². The normalized spacial score (nSPS) is 30.2. The summed E-state index contributed by atoms with van der Waals surface area (Å²) in [7, 11) is 0. The van der Waals surface area contributed by atoms with Gasteiger partial charge in [0, 0.05) is 34.2 Å². The highest BCUT2D eigenvalue weighted by Gasteiger charge is 2.48. The van der Waals surface area contributed by atoms with Crippen LogP contribution in [-0.2, 0) is 20.7 Å². The molecule has 2 aromatic carbocycles. The first-order valence-electron chi connectivity index (χ1n) is 13.0. The number of aromatic hydroxyl groups is 2. The number of nitrogens with two attached hydrogens (primary N) is 1. The highest BCUT2D eigenvalue weighted by Crippen LogP contribution is 2.51. The zero-order valence-corrected chi connectivity index (χ0v) is 21.9. The largest absolute Gasteiger partial charge is 0.507 e. The van der Waals surface area contributed by atoms with E-state index in [0.717, 1.165) is 0 Å². The number of phenolic OH excluding ortho intramolecular Hbond substituents is 2. The number of rotatable bonds is 5. The van der Waals surface area contributed by atoms with Crippen LogP contribution in [0.1, 0.15) is 75.8 Å². The maximum absolute atomic E-state index is 13.4. The first kappa shape index (κ1) is 28.1. The number of amides is 1. The second kappa shape index (κ2) is 10.2. The van der Waals surface area contributed by atoms with Gasteiger partial charge in [0.2, 0.25) is 0 Å². The lowest BCUT2D eigenvalue weighted by molar-refractivity contribution is -0.247. The van der Waals surface area contributed by atoms with Gasteiger partial charge in [-0.3, -0.25) is 14.4 Å². The summed E-state index contributed by atoms with van der Waals surface area (Å²) in [5, 5.41) is 46.3. The maximum Gasteiger partial charge on any atom is 0.251 e. The third kappa shape index (κ3) is 4.45. The molecule has 1 amide bonds. The summed E-state index contributed by atoms with van der Waals surface area (Å²) in [4.78, 5) is 38.5. The van der Waals surface area contributed by atoms with Gasteiger partial charge in [-0.1, -0.05) is 24.3 Å². The van der Waals surface area contributed by atoms with Crippen molar-refractivity contribution in [3.05, 3.63) is 57.6 Å². The van der Waals surface area contributed by atoms with Crippen LogP contribution < -0.4 is 11.1 Å². The van der Waals surface area contributed by atoms with E-state index in [0.29, 0.717) is 0 Å². The van der Waals surface area contributed by atoms with Crippen LogP contribution in [0.3, 0.4) is 0 Å². The Bertz CT molecular complexity index is 1400. The molecule has 0 aromatic heterocycles. The van der Waals surface area contributed by atoms with Gasteiger partial charge in [-0.2, -0.15) is 0 Å². The van der Waals surface area contributed by atoms with Crippen LogP contribution >= 0.6 is 0 Å². The Morgan fingerprint density at radius 1 is 1.20 bits per heavy atom. The van der Waals surface area contributed by atoms with Gasteiger partial charge in [-0.15, -0.1) is 0 Å². The van der Waals surface area contributed by atoms with E-state index < -0.39 is 77.9 Å². The number of aliphatic hydroxyl groups excluding tert-OH is 2. The number of aliphatic hydroxyl groups is 2. The Morgan fingerprint density at radius 2 is 1.80 bits per heavy atom. The molecule has 214 valence electrons. The molecule has 0 saturated carbocycles. The van der Waals surface area contributed by atoms with Crippen LogP contribution in [0.4, 0.5) is 4.39 Å². The Hall–Kier alpha value is -3.42. The van der Waals surface area contributed by atoms with Crippen LogP contribution in [-0.4, -0.2) is 80.8 Å². The van der Waals surface area contributed by atoms with Crippen LogP contribution in [0, 0.1) is 0 Å². The lowest BCUT2D eigenvalue weighted by atomic mass is 9.70. The van der Waals surface area contributed by atoms with Gasteiger partial charge >= 0.3 is 0 Å². The lowest BCUT2D eigenvalue weighted by Crippen LogP contribution is -2.57. The highest BCUT2D eigenvalue weighted by atomic mass is 19.1. The van der Waals surface area contributed by atoms with Crippen molar-refractivity contribution in [1.82, 2.24) is 5.32 Å². The molecule has 1 heterocycles. The van der Waals surface area contributed by atoms with Crippen LogP contribution in [0.2, 0.25) is 0 Å². The molecular formula is C28H31FN2O9. The van der Waals surface area contributed by atoms with Gasteiger partial charge in [0.1, 0.15) is 17.6 Å². The first-order valence-corrected chi connectivity index (χ1v) is 13.0. The number of fused-ring (bicyclic) bond motifs is 3. The number of ether oxygens (including phenoxy) is 2. The first-order chi connectivity index (χ1) is 18.9. The third-order valence-electron chi connectivity index (χ3n) is 8.18. The summed E-state index contributed by atoms with van der Waals surface area (Å²) in [5.74, 6) is -3.32. The number of alkyl halides is 1. The summed E-state index contributed by atoms with van der Waals surface area (Å²) in [6, 6.07) is 5.15. The van der Waals surface area contributed by atoms with E-state index in [4.69, 9.17) is 15.2 Å². The molecule has 12 heteroatoms. The van der Waals surface area contributed by atoms with Crippen molar-refractivity contribution in [3.63, 3.8) is 0 Å². The molecular weight excluding hydrogens is 527 g/mol. The lowest BCUT2D eigenvalue weighted by Gasteiger charge is -2.44. The summed E-state index contributed by atoms with van der Waals surface area (Å²) >= 11 is 0. The number of hydrogen-bond donors (Lipinski definition) is 6. The molecule has 11 nitrogen and oxygen atoms in total. The maximum atomic E-state index is 13.4. The molecule has 2 aliphatic carbocycles. The number of phenols is 2. The summed E-state index contributed by atoms with van der Waals surface area (Å²) < 4.78 is 24.8.